The van der Waals surface area contributed by atoms with E-state index in [0.29, 0.717) is 11.8 Å². The van der Waals surface area contributed by atoms with Gasteiger partial charge in [-0.15, -0.1) is 0 Å². The monoisotopic (exact) mass is 616 g/mol. The predicted octanol–water partition coefficient (Wildman–Crippen LogP) is 2.01. The van der Waals surface area contributed by atoms with Gasteiger partial charge in [0.2, 0.25) is 0 Å². The summed E-state index contributed by atoms with van der Waals surface area (Å²) in [6, 6.07) is 6.87. The van der Waals surface area contributed by atoms with E-state index >= 15 is 0 Å². The second kappa shape index (κ2) is 9.92. The van der Waals surface area contributed by atoms with Crippen molar-refractivity contribution in [3.8, 4) is 0 Å². The number of rotatable bonds is 5. The lowest BCUT2D eigenvalue weighted by Gasteiger charge is -2.57. The van der Waals surface area contributed by atoms with E-state index in [-0.39, 0.29) is 40.8 Å². The van der Waals surface area contributed by atoms with E-state index in [1.807, 2.05) is 6.92 Å². The summed E-state index contributed by atoms with van der Waals surface area (Å²) in [6.45, 7) is 7.97. The highest BCUT2D eigenvalue weighted by atomic mass is 16.7. The summed E-state index contributed by atoms with van der Waals surface area (Å²) in [4.78, 5) is 0. The van der Waals surface area contributed by atoms with Gasteiger partial charge in [0.15, 0.2) is 12.6 Å². The van der Waals surface area contributed by atoms with Crippen LogP contribution in [0.3, 0.4) is 0 Å². The van der Waals surface area contributed by atoms with Crippen molar-refractivity contribution < 1.29 is 49.2 Å². The fraction of sp³-hybridized carbons (Fsp3) is 0.824. The third kappa shape index (κ3) is 3.96. The lowest BCUT2D eigenvalue weighted by molar-refractivity contribution is -0.328. The van der Waals surface area contributed by atoms with Crippen molar-refractivity contribution in [1.82, 2.24) is 0 Å². The topological polar surface area (TPSA) is 154 Å². The van der Waals surface area contributed by atoms with Gasteiger partial charge in [0, 0.05) is 17.8 Å². The number of aryl methyl sites for hydroxylation is 1. The van der Waals surface area contributed by atoms with Crippen molar-refractivity contribution in [3.63, 3.8) is 0 Å². The van der Waals surface area contributed by atoms with E-state index < -0.39 is 49.2 Å². The Labute approximate surface area is 258 Å². The summed E-state index contributed by atoms with van der Waals surface area (Å²) in [6.07, 6.45) is -1.31. The second-order valence-electron chi connectivity index (χ2n) is 15.4. The fourth-order valence-electron chi connectivity index (χ4n) is 10.3. The molecule has 10 nitrogen and oxygen atoms in total. The number of fused-ring (bicyclic) bond motifs is 5. The molecule has 44 heavy (non-hydrogen) atoms. The first-order valence-electron chi connectivity index (χ1n) is 16.7. The lowest BCUT2D eigenvalue weighted by Crippen LogP contribution is -2.64. The molecular formula is C34H48O10. The van der Waals surface area contributed by atoms with Gasteiger partial charge in [-0.2, -0.15) is 0 Å². The Morgan fingerprint density at radius 3 is 2.57 bits per heavy atom. The normalized spacial score (nSPS) is 54.6. The molecule has 8 rings (SSSR count). The Morgan fingerprint density at radius 1 is 1.02 bits per heavy atom. The number of hydrogen-bond donors (Lipinski definition) is 5. The molecule has 16 atom stereocenters. The third-order valence-electron chi connectivity index (χ3n) is 13.5. The second-order valence-corrected chi connectivity index (χ2v) is 15.4. The van der Waals surface area contributed by atoms with Crippen molar-refractivity contribution in [2.24, 2.45) is 11.3 Å². The van der Waals surface area contributed by atoms with Crippen molar-refractivity contribution in [3.05, 3.63) is 34.9 Å². The maximum atomic E-state index is 10.8. The average Bonchev–Trinajstić information content (AvgIpc) is 3.87. The summed E-state index contributed by atoms with van der Waals surface area (Å²) in [5.74, 6) is 0.713. The molecule has 1 spiro atoms. The lowest BCUT2D eigenvalue weighted by atomic mass is 9.48. The predicted molar refractivity (Wildman–Crippen MR) is 156 cm³/mol. The maximum Gasteiger partial charge on any atom is 0.186 e. The molecule has 3 aliphatic carbocycles. The van der Waals surface area contributed by atoms with Crippen LogP contribution in [0.25, 0.3) is 0 Å². The summed E-state index contributed by atoms with van der Waals surface area (Å²) < 4.78 is 31.0. The number of ether oxygens (including phenoxy) is 5. The first kappa shape index (κ1) is 30.2. The number of hydrogen-bond acceptors (Lipinski definition) is 10. The molecule has 0 bridgehead atoms. The van der Waals surface area contributed by atoms with E-state index in [9.17, 15) is 25.5 Å². The molecule has 244 valence electrons. The van der Waals surface area contributed by atoms with E-state index in [1.54, 1.807) is 0 Å². The van der Waals surface area contributed by atoms with Crippen LogP contribution in [-0.2, 0) is 30.1 Å². The first-order chi connectivity index (χ1) is 20.9. The van der Waals surface area contributed by atoms with Crippen LogP contribution in [0.2, 0.25) is 0 Å². The van der Waals surface area contributed by atoms with E-state index in [4.69, 9.17) is 23.7 Å². The van der Waals surface area contributed by atoms with Gasteiger partial charge in [-0.05, 0) is 80.9 Å². The Morgan fingerprint density at radius 2 is 1.82 bits per heavy atom. The fourth-order valence-corrected chi connectivity index (χ4v) is 10.3. The first-order valence-corrected chi connectivity index (χ1v) is 16.7. The number of aliphatic hydroxyl groups excluding tert-OH is 5. The van der Waals surface area contributed by atoms with Crippen LogP contribution in [0.5, 0.6) is 0 Å². The third-order valence-corrected chi connectivity index (χ3v) is 13.5. The minimum Gasteiger partial charge on any atom is -0.394 e. The molecule has 4 saturated heterocycles. The molecule has 5 N–H and O–H groups in total. The maximum absolute atomic E-state index is 10.8. The summed E-state index contributed by atoms with van der Waals surface area (Å²) in [5.41, 5.74) is 2.38. The van der Waals surface area contributed by atoms with Crippen molar-refractivity contribution in [2.75, 3.05) is 6.61 Å². The van der Waals surface area contributed by atoms with Gasteiger partial charge in [-0.25, -0.2) is 0 Å². The largest absolute Gasteiger partial charge is 0.394 e. The van der Waals surface area contributed by atoms with Crippen molar-refractivity contribution in [1.29, 1.82) is 0 Å². The summed E-state index contributed by atoms with van der Waals surface area (Å²) in [5, 5.41) is 51.9. The molecule has 4 heterocycles. The zero-order valence-corrected chi connectivity index (χ0v) is 26.1. The van der Waals surface area contributed by atoms with Crippen LogP contribution < -0.4 is 0 Å². The number of benzene rings is 1. The Hall–Kier alpha value is -1.18. The molecule has 4 aliphatic heterocycles. The number of epoxide rings is 2. The molecule has 1 aromatic carbocycles. The van der Waals surface area contributed by atoms with Gasteiger partial charge in [-0.1, -0.05) is 32.0 Å². The SMILES string of the molecule is CC(c1ccc2c(c1)CCC1C2CC2OC23CCCC(OC2OC(CO)C(O)C(O)C2O)C13C)C1CC2(C)OC2(C)C(O)O1. The molecule has 0 aromatic heterocycles. The van der Waals surface area contributed by atoms with Gasteiger partial charge >= 0.3 is 0 Å². The molecular weight excluding hydrogens is 568 g/mol. The van der Waals surface area contributed by atoms with E-state index in [0.717, 1.165) is 44.9 Å². The summed E-state index contributed by atoms with van der Waals surface area (Å²) >= 11 is 0. The van der Waals surface area contributed by atoms with E-state index in [1.165, 1.54) is 16.7 Å². The molecule has 0 amide bonds. The van der Waals surface area contributed by atoms with Gasteiger partial charge in [0.05, 0.1) is 24.9 Å². The minimum atomic E-state index is -1.47. The molecule has 1 aromatic rings. The highest BCUT2D eigenvalue weighted by Gasteiger charge is 2.76. The summed E-state index contributed by atoms with van der Waals surface area (Å²) in [7, 11) is 0. The zero-order chi connectivity index (χ0) is 31.0. The zero-order valence-electron chi connectivity index (χ0n) is 26.1. The molecule has 7 aliphatic rings. The average molecular weight is 617 g/mol. The quantitative estimate of drug-likeness (QED) is 0.311. The number of aliphatic hydroxyl groups is 5. The molecule has 10 heteroatoms. The Bertz CT molecular complexity index is 1310. The molecule has 6 fully saturated rings. The minimum absolute atomic E-state index is 0.108. The Kier molecular flexibility index (Phi) is 6.80. The molecule has 16 unspecified atom stereocenters. The van der Waals surface area contributed by atoms with Gasteiger partial charge in [0.1, 0.15) is 41.2 Å². The van der Waals surface area contributed by atoms with Gasteiger partial charge < -0.3 is 49.2 Å². The van der Waals surface area contributed by atoms with Crippen molar-refractivity contribution in [2.45, 2.75) is 157 Å². The highest BCUT2D eigenvalue weighted by Crippen LogP contribution is 2.71. The Balaban J connectivity index is 1.05. The van der Waals surface area contributed by atoms with Crippen LogP contribution in [0.1, 0.15) is 94.7 Å². The molecule has 0 radical (unpaired) electrons. The van der Waals surface area contributed by atoms with Gasteiger partial charge in [-0.3, -0.25) is 0 Å². The smallest absolute Gasteiger partial charge is 0.186 e. The standard InChI is InChI=1S/C34H48O10/c1-16(22-14-31(2)33(4,44-31)30(39)41-22)17-7-9-19-18(12-17)8-10-21-20(19)13-25-34(43-25)11-5-6-24(32(21,34)3)42-29-28(38)27(37)26(36)23(15-35)40-29/h7,9,12,16,20-30,35-39H,5-6,8,10-11,13-15H2,1-4H3. The van der Waals surface area contributed by atoms with Crippen LogP contribution in [-0.4, -0.2) is 104 Å². The van der Waals surface area contributed by atoms with Crippen LogP contribution in [0.15, 0.2) is 18.2 Å². The van der Waals surface area contributed by atoms with E-state index in [2.05, 4.69) is 39.0 Å². The van der Waals surface area contributed by atoms with Crippen molar-refractivity contribution >= 4 is 0 Å². The highest BCUT2D eigenvalue weighted by molar-refractivity contribution is 5.42. The van der Waals surface area contributed by atoms with Crippen LogP contribution >= 0.6 is 0 Å². The van der Waals surface area contributed by atoms with Gasteiger partial charge in [0.25, 0.3) is 0 Å². The van der Waals surface area contributed by atoms with Crippen LogP contribution in [0.4, 0.5) is 0 Å². The molecule has 2 saturated carbocycles. The van der Waals surface area contributed by atoms with Crippen LogP contribution in [0, 0.1) is 11.3 Å².